The maximum Gasteiger partial charge on any atom is 0.416 e. The molecule has 0 aliphatic carbocycles. The fourth-order valence-corrected chi connectivity index (χ4v) is 2.50. The summed E-state index contributed by atoms with van der Waals surface area (Å²) >= 11 is 0. The molecule has 0 aliphatic heterocycles. The predicted octanol–water partition coefficient (Wildman–Crippen LogP) is 5.10. The van der Waals surface area contributed by atoms with Gasteiger partial charge < -0.3 is 15.4 Å². The van der Waals surface area contributed by atoms with E-state index in [0.29, 0.717) is 17.1 Å². The van der Waals surface area contributed by atoms with Gasteiger partial charge in [0.05, 0.1) is 18.4 Å². The molecular weight excluding hydrogens is 371 g/mol. The van der Waals surface area contributed by atoms with Crippen LogP contribution in [0.15, 0.2) is 66.9 Å². The van der Waals surface area contributed by atoms with E-state index in [-0.39, 0.29) is 11.4 Å². The molecule has 0 spiro atoms. The minimum atomic E-state index is -4.49. The Morgan fingerprint density at radius 3 is 2.54 bits per heavy atom. The van der Waals surface area contributed by atoms with Crippen molar-refractivity contribution in [2.75, 3.05) is 17.7 Å². The lowest BCUT2D eigenvalue weighted by molar-refractivity contribution is -0.137. The van der Waals surface area contributed by atoms with Gasteiger partial charge in [0, 0.05) is 17.6 Å². The third-order valence-electron chi connectivity index (χ3n) is 3.83. The minimum Gasteiger partial charge on any atom is -0.495 e. The Bertz CT molecular complexity index is 990. The zero-order valence-corrected chi connectivity index (χ0v) is 14.7. The van der Waals surface area contributed by atoms with Crippen molar-refractivity contribution in [3.63, 3.8) is 0 Å². The van der Waals surface area contributed by atoms with Gasteiger partial charge in [-0.25, -0.2) is 0 Å². The summed E-state index contributed by atoms with van der Waals surface area (Å²) in [6.45, 7) is 0. The van der Waals surface area contributed by atoms with Crippen LogP contribution in [0.25, 0.3) is 0 Å². The summed E-state index contributed by atoms with van der Waals surface area (Å²) < 4.78 is 43.7. The molecule has 5 nitrogen and oxygen atoms in total. The van der Waals surface area contributed by atoms with Gasteiger partial charge in [0.1, 0.15) is 11.4 Å². The number of hydrogen-bond donors (Lipinski definition) is 2. The van der Waals surface area contributed by atoms with Crippen molar-refractivity contribution in [1.82, 2.24) is 4.98 Å². The molecule has 1 heterocycles. The molecule has 28 heavy (non-hydrogen) atoms. The first-order valence-electron chi connectivity index (χ1n) is 8.21. The number of aromatic nitrogens is 1. The molecule has 144 valence electrons. The summed E-state index contributed by atoms with van der Waals surface area (Å²) in [6, 6.07) is 14.8. The summed E-state index contributed by atoms with van der Waals surface area (Å²) in [6.07, 6.45) is -3.06. The Kier molecular flexibility index (Phi) is 5.49. The second-order valence-electron chi connectivity index (χ2n) is 5.79. The molecule has 0 aliphatic rings. The Morgan fingerprint density at radius 1 is 1.00 bits per heavy atom. The van der Waals surface area contributed by atoms with Crippen LogP contribution < -0.4 is 15.4 Å². The maximum absolute atomic E-state index is 12.8. The molecule has 0 saturated heterocycles. The molecule has 1 amide bonds. The Labute approximate surface area is 159 Å². The van der Waals surface area contributed by atoms with Gasteiger partial charge in [-0.15, -0.1) is 0 Å². The summed E-state index contributed by atoms with van der Waals surface area (Å²) in [4.78, 5) is 16.4. The Morgan fingerprint density at radius 2 is 1.79 bits per heavy atom. The normalized spacial score (nSPS) is 11.0. The van der Waals surface area contributed by atoms with E-state index in [2.05, 4.69) is 15.6 Å². The molecule has 0 radical (unpaired) electrons. The van der Waals surface area contributed by atoms with Gasteiger partial charge in [-0.2, -0.15) is 13.2 Å². The van der Waals surface area contributed by atoms with Gasteiger partial charge in [0.2, 0.25) is 0 Å². The summed E-state index contributed by atoms with van der Waals surface area (Å²) in [5.41, 5.74) is 0.515. The van der Waals surface area contributed by atoms with E-state index in [4.69, 9.17) is 4.74 Å². The van der Waals surface area contributed by atoms with Gasteiger partial charge in [0.25, 0.3) is 5.91 Å². The number of alkyl halides is 3. The molecule has 0 unspecified atom stereocenters. The van der Waals surface area contributed by atoms with Gasteiger partial charge >= 0.3 is 6.18 Å². The van der Waals surface area contributed by atoms with Crippen molar-refractivity contribution < 1.29 is 22.7 Å². The number of carbonyl (C=O) groups excluding carboxylic acids is 1. The Balaban J connectivity index is 1.77. The van der Waals surface area contributed by atoms with Crippen LogP contribution in [-0.4, -0.2) is 18.0 Å². The predicted molar refractivity (Wildman–Crippen MR) is 99.9 cm³/mol. The summed E-state index contributed by atoms with van der Waals surface area (Å²) in [7, 11) is 1.54. The van der Waals surface area contributed by atoms with E-state index in [1.54, 1.807) is 19.2 Å². The average molecular weight is 387 g/mol. The lowest BCUT2D eigenvalue weighted by Gasteiger charge is -2.12. The maximum atomic E-state index is 12.8. The first-order valence-corrected chi connectivity index (χ1v) is 8.21. The van der Waals surface area contributed by atoms with Crippen molar-refractivity contribution >= 4 is 23.0 Å². The molecule has 2 aromatic carbocycles. The largest absolute Gasteiger partial charge is 0.495 e. The highest BCUT2D eigenvalue weighted by Crippen LogP contribution is 2.31. The summed E-state index contributed by atoms with van der Waals surface area (Å²) in [5.74, 6) is -0.00252. The number of nitrogens with one attached hydrogen (secondary N) is 2. The molecule has 8 heteroatoms. The lowest BCUT2D eigenvalue weighted by Crippen LogP contribution is -2.14. The molecule has 2 N–H and O–H groups in total. The molecule has 0 bridgehead atoms. The molecule has 1 aromatic heterocycles. The second kappa shape index (κ2) is 7.99. The van der Waals surface area contributed by atoms with Crippen LogP contribution in [0.3, 0.4) is 0 Å². The van der Waals surface area contributed by atoms with E-state index in [1.807, 2.05) is 18.2 Å². The standard InChI is InChI=1S/C20H16F3N3O2/c1-28-18-8-3-2-7-16(18)25-15-9-10-24-17(12-15)19(27)26-14-6-4-5-13(11-14)20(21,22)23/h2-12H,1H3,(H,24,25)(H,26,27). The molecule has 3 aromatic rings. The minimum absolute atomic E-state index is 0.0321. The topological polar surface area (TPSA) is 63.2 Å². The fourth-order valence-electron chi connectivity index (χ4n) is 2.50. The number of nitrogens with zero attached hydrogens (tertiary/aromatic N) is 1. The fraction of sp³-hybridized carbons (Fsp3) is 0.100. The van der Waals surface area contributed by atoms with Gasteiger partial charge in [-0.1, -0.05) is 18.2 Å². The van der Waals surface area contributed by atoms with Gasteiger partial charge in [-0.05, 0) is 42.5 Å². The van der Waals surface area contributed by atoms with Crippen molar-refractivity contribution in [2.45, 2.75) is 6.18 Å². The smallest absolute Gasteiger partial charge is 0.416 e. The first kappa shape index (κ1) is 19.2. The van der Waals surface area contributed by atoms with Crippen molar-refractivity contribution in [2.24, 2.45) is 0 Å². The van der Waals surface area contributed by atoms with Crippen molar-refractivity contribution in [3.05, 3.63) is 78.1 Å². The number of ether oxygens (including phenoxy) is 1. The summed E-state index contributed by atoms with van der Waals surface area (Å²) in [5, 5.41) is 5.55. The van der Waals surface area contributed by atoms with E-state index < -0.39 is 17.6 Å². The third-order valence-corrected chi connectivity index (χ3v) is 3.83. The number of amides is 1. The van der Waals surface area contributed by atoms with Crippen molar-refractivity contribution in [1.29, 1.82) is 0 Å². The van der Waals surface area contributed by atoms with Crippen LogP contribution in [0.5, 0.6) is 5.75 Å². The van der Waals surface area contributed by atoms with Gasteiger partial charge in [0.15, 0.2) is 0 Å². The molecule has 3 rings (SSSR count). The zero-order chi connectivity index (χ0) is 20.1. The number of para-hydroxylation sites is 2. The van der Waals surface area contributed by atoms with Crippen LogP contribution in [0.2, 0.25) is 0 Å². The number of pyridine rings is 1. The molecule has 0 fully saturated rings. The quantitative estimate of drug-likeness (QED) is 0.639. The number of rotatable bonds is 5. The van der Waals surface area contributed by atoms with Crippen LogP contribution in [0.1, 0.15) is 16.1 Å². The number of methoxy groups -OCH3 is 1. The highest BCUT2D eigenvalue weighted by molar-refractivity contribution is 6.03. The highest BCUT2D eigenvalue weighted by atomic mass is 19.4. The number of anilines is 3. The van der Waals surface area contributed by atoms with Crippen LogP contribution in [-0.2, 0) is 6.18 Å². The Hall–Kier alpha value is -3.55. The zero-order valence-electron chi connectivity index (χ0n) is 14.7. The van der Waals surface area contributed by atoms with E-state index in [0.717, 1.165) is 12.1 Å². The number of carbonyl (C=O) groups is 1. The third kappa shape index (κ3) is 4.59. The number of benzene rings is 2. The van der Waals surface area contributed by atoms with Crippen LogP contribution in [0.4, 0.5) is 30.2 Å². The highest BCUT2D eigenvalue weighted by Gasteiger charge is 2.30. The number of halogens is 3. The van der Waals surface area contributed by atoms with E-state index >= 15 is 0 Å². The van der Waals surface area contributed by atoms with Crippen LogP contribution >= 0.6 is 0 Å². The average Bonchev–Trinajstić information content (AvgIpc) is 2.68. The van der Waals surface area contributed by atoms with Gasteiger partial charge in [-0.3, -0.25) is 9.78 Å². The van der Waals surface area contributed by atoms with Crippen molar-refractivity contribution in [3.8, 4) is 5.75 Å². The SMILES string of the molecule is COc1ccccc1Nc1ccnc(C(=O)Nc2cccc(C(F)(F)F)c2)c1. The molecule has 0 saturated carbocycles. The van der Waals surface area contributed by atoms with Crippen LogP contribution in [0, 0.1) is 0 Å². The first-order chi connectivity index (χ1) is 13.4. The molecule has 0 atom stereocenters. The monoisotopic (exact) mass is 387 g/mol. The second-order valence-corrected chi connectivity index (χ2v) is 5.79. The lowest BCUT2D eigenvalue weighted by atomic mass is 10.2. The van der Waals surface area contributed by atoms with E-state index in [1.165, 1.54) is 24.4 Å². The number of hydrogen-bond acceptors (Lipinski definition) is 4. The van der Waals surface area contributed by atoms with E-state index in [9.17, 15) is 18.0 Å². The molecular formula is C20H16F3N3O2.